The van der Waals surface area contributed by atoms with Gasteiger partial charge in [0.05, 0.1) is 6.61 Å². The molecule has 1 saturated carbocycles. The molecular weight excluding hydrogens is 233 g/mol. The van der Waals surface area contributed by atoms with Crippen LogP contribution < -0.4 is 10.1 Å². The van der Waals surface area contributed by atoms with Gasteiger partial charge in [-0.2, -0.15) is 0 Å². The van der Waals surface area contributed by atoms with Crippen LogP contribution in [0.5, 0.6) is 5.75 Å². The third-order valence-electron chi connectivity index (χ3n) is 2.93. The van der Waals surface area contributed by atoms with Gasteiger partial charge in [-0.1, -0.05) is 0 Å². The molecule has 1 N–H and O–H groups in total. The van der Waals surface area contributed by atoms with Crippen molar-refractivity contribution in [1.82, 2.24) is 5.32 Å². The van der Waals surface area contributed by atoms with E-state index in [0.29, 0.717) is 25.8 Å². The maximum Gasteiger partial charge on any atom is 0.123 e. The normalized spacial score (nSPS) is 14.8. The minimum Gasteiger partial charge on any atom is -0.493 e. The largest absolute Gasteiger partial charge is 0.493 e. The van der Waals surface area contributed by atoms with Crippen LogP contribution in [-0.4, -0.2) is 26.4 Å². The molecule has 0 amide bonds. The zero-order valence-corrected chi connectivity index (χ0v) is 10.7. The van der Waals surface area contributed by atoms with Crippen LogP contribution in [-0.2, 0) is 11.3 Å². The Bertz CT molecular complexity index is 380. The fraction of sp³-hybridized carbons (Fsp3) is 0.571. The molecule has 1 aromatic carbocycles. The molecule has 1 aliphatic carbocycles. The van der Waals surface area contributed by atoms with E-state index in [1.807, 2.05) is 0 Å². The second kappa shape index (κ2) is 6.71. The Balaban J connectivity index is 1.88. The Morgan fingerprint density at radius 3 is 2.89 bits per heavy atom. The molecule has 1 aromatic rings. The molecule has 4 heteroatoms. The number of hydrogen-bond donors (Lipinski definition) is 1. The Morgan fingerprint density at radius 2 is 2.17 bits per heavy atom. The summed E-state index contributed by atoms with van der Waals surface area (Å²) in [6, 6.07) is 5.29. The minimum atomic E-state index is -0.216. The summed E-state index contributed by atoms with van der Waals surface area (Å²) in [6.07, 6.45) is 3.28. The van der Waals surface area contributed by atoms with E-state index < -0.39 is 0 Å². The highest BCUT2D eigenvalue weighted by atomic mass is 19.1. The van der Waals surface area contributed by atoms with Gasteiger partial charge in [0.2, 0.25) is 0 Å². The Kier molecular flexibility index (Phi) is 4.96. The maximum atomic E-state index is 13.2. The molecule has 1 aliphatic rings. The first kappa shape index (κ1) is 13.3. The molecule has 100 valence electrons. The van der Waals surface area contributed by atoms with Crippen molar-refractivity contribution in [3.8, 4) is 5.75 Å². The summed E-state index contributed by atoms with van der Waals surface area (Å²) < 4.78 is 23.9. The van der Waals surface area contributed by atoms with E-state index in [4.69, 9.17) is 9.47 Å². The number of halogens is 1. The van der Waals surface area contributed by atoms with Gasteiger partial charge in [-0.25, -0.2) is 4.39 Å². The van der Waals surface area contributed by atoms with Crippen molar-refractivity contribution in [2.24, 2.45) is 0 Å². The smallest absolute Gasteiger partial charge is 0.123 e. The SMILES string of the molecule is COCCCOc1ccc(F)cc1CNC1CC1. The first-order valence-corrected chi connectivity index (χ1v) is 6.43. The molecule has 0 saturated heterocycles. The summed E-state index contributed by atoms with van der Waals surface area (Å²) in [5, 5.41) is 3.37. The van der Waals surface area contributed by atoms with Gasteiger partial charge in [-0.3, -0.25) is 0 Å². The van der Waals surface area contributed by atoms with Crippen molar-refractivity contribution in [2.75, 3.05) is 20.3 Å². The molecule has 0 atom stereocenters. The van der Waals surface area contributed by atoms with Crippen LogP contribution in [0.4, 0.5) is 4.39 Å². The Labute approximate surface area is 107 Å². The van der Waals surface area contributed by atoms with Gasteiger partial charge in [0.25, 0.3) is 0 Å². The highest BCUT2D eigenvalue weighted by Crippen LogP contribution is 2.23. The lowest BCUT2D eigenvalue weighted by Gasteiger charge is -2.12. The molecule has 3 nitrogen and oxygen atoms in total. The maximum absolute atomic E-state index is 13.2. The van der Waals surface area contributed by atoms with E-state index in [9.17, 15) is 4.39 Å². The number of benzene rings is 1. The first-order chi connectivity index (χ1) is 8.79. The Hall–Kier alpha value is -1.13. The van der Waals surface area contributed by atoms with Crippen LogP contribution in [0, 0.1) is 5.82 Å². The van der Waals surface area contributed by atoms with Gasteiger partial charge in [0.15, 0.2) is 0 Å². The lowest BCUT2D eigenvalue weighted by Crippen LogP contribution is -2.16. The fourth-order valence-electron chi connectivity index (χ4n) is 1.75. The summed E-state index contributed by atoms with van der Waals surface area (Å²) >= 11 is 0. The quantitative estimate of drug-likeness (QED) is 0.722. The van der Waals surface area contributed by atoms with Gasteiger partial charge in [0, 0.05) is 38.3 Å². The average molecular weight is 253 g/mol. The molecule has 0 aliphatic heterocycles. The molecule has 0 aromatic heterocycles. The van der Waals surface area contributed by atoms with E-state index in [2.05, 4.69) is 5.32 Å². The van der Waals surface area contributed by atoms with Crippen molar-refractivity contribution in [1.29, 1.82) is 0 Å². The predicted octanol–water partition coefficient (Wildman–Crippen LogP) is 2.49. The van der Waals surface area contributed by atoms with Crippen LogP contribution in [0.2, 0.25) is 0 Å². The summed E-state index contributed by atoms with van der Waals surface area (Å²) in [7, 11) is 1.67. The first-order valence-electron chi connectivity index (χ1n) is 6.43. The van der Waals surface area contributed by atoms with Gasteiger partial charge >= 0.3 is 0 Å². The molecular formula is C14H20FNO2. The number of methoxy groups -OCH3 is 1. The fourth-order valence-corrected chi connectivity index (χ4v) is 1.75. The van der Waals surface area contributed by atoms with Gasteiger partial charge in [-0.05, 0) is 31.0 Å². The molecule has 0 radical (unpaired) electrons. The van der Waals surface area contributed by atoms with E-state index in [1.165, 1.54) is 18.9 Å². The van der Waals surface area contributed by atoms with E-state index in [0.717, 1.165) is 17.7 Å². The van der Waals surface area contributed by atoms with E-state index in [1.54, 1.807) is 19.2 Å². The van der Waals surface area contributed by atoms with Crippen LogP contribution in [0.25, 0.3) is 0 Å². The average Bonchev–Trinajstić information content (AvgIpc) is 3.18. The van der Waals surface area contributed by atoms with Crippen molar-refractivity contribution in [2.45, 2.75) is 31.8 Å². The summed E-state index contributed by atoms with van der Waals surface area (Å²) in [6.45, 7) is 1.94. The molecule has 0 spiro atoms. The standard InChI is InChI=1S/C14H20FNO2/c1-17-7-2-8-18-14-6-3-12(15)9-11(14)10-16-13-4-5-13/h3,6,9,13,16H,2,4-5,7-8,10H2,1H3. The molecule has 18 heavy (non-hydrogen) atoms. The number of nitrogens with one attached hydrogen (secondary N) is 1. The topological polar surface area (TPSA) is 30.5 Å². The number of hydrogen-bond acceptors (Lipinski definition) is 3. The van der Waals surface area contributed by atoms with E-state index >= 15 is 0 Å². The van der Waals surface area contributed by atoms with Crippen LogP contribution in [0.15, 0.2) is 18.2 Å². The highest BCUT2D eigenvalue weighted by molar-refractivity contribution is 5.34. The Morgan fingerprint density at radius 1 is 1.33 bits per heavy atom. The van der Waals surface area contributed by atoms with Gasteiger partial charge in [-0.15, -0.1) is 0 Å². The highest BCUT2D eigenvalue weighted by Gasteiger charge is 2.20. The van der Waals surface area contributed by atoms with Crippen LogP contribution in [0.1, 0.15) is 24.8 Å². The van der Waals surface area contributed by atoms with Crippen LogP contribution >= 0.6 is 0 Å². The minimum absolute atomic E-state index is 0.216. The van der Waals surface area contributed by atoms with Crippen molar-refractivity contribution >= 4 is 0 Å². The number of ether oxygens (including phenoxy) is 2. The zero-order chi connectivity index (χ0) is 12.8. The molecule has 2 rings (SSSR count). The second-order valence-electron chi connectivity index (χ2n) is 4.60. The van der Waals surface area contributed by atoms with Gasteiger partial charge in [0.1, 0.15) is 11.6 Å². The predicted molar refractivity (Wildman–Crippen MR) is 68.2 cm³/mol. The molecule has 0 heterocycles. The van der Waals surface area contributed by atoms with Crippen molar-refractivity contribution in [3.63, 3.8) is 0 Å². The monoisotopic (exact) mass is 253 g/mol. The lowest BCUT2D eigenvalue weighted by atomic mass is 10.2. The summed E-state index contributed by atoms with van der Waals surface area (Å²) in [5.41, 5.74) is 0.888. The third kappa shape index (κ3) is 4.27. The van der Waals surface area contributed by atoms with Crippen LogP contribution in [0.3, 0.4) is 0 Å². The van der Waals surface area contributed by atoms with Gasteiger partial charge < -0.3 is 14.8 Å². The second-order valence-corrected chi connectivity index (χ2v) is 4.60. The van der Waals surface area contributed by atoms with E-state index in [-0.39, 0.29) is 5.82 Å². The molecule has 0 unspecified atom stereocenters. The summed E-state index contributed by atoms with van der Waals surface area (Å²) in [5.74, 6) is 0.549. The molecule has 1 fully saturated rings. The number of rotatable bonds is 8. The molecule has 0 bridgehead atoms. The zero-order valence-electron chi connectivity index (χ0n) is 10.7. The third-order valence-corrected chi connectivity index (χ3v) is 2.93. The van der Waals surface area contributed by atoms with Crippen molar-refractivity contribution < 1.29 is 13.9 Å². The van der Waals surface area contributed by atoms with Crippen molar-refractivity contribution in [3.05, 3.63) is 29.6 Å². The summed E-state index contributed by atoms with van der Waals surface area (Å²) in [4.78, 5) is 0. The lowest BCUT2D eigenvalue weighted by molar-refractivity contribution is 0.171.